The molecule has 5 nitrogen and oxygen atoms in total. The van der Waals surface area contributed by atoms with Gasteiger partial charge in [0.05, 0.1) is 6.54 Å². The van der Waals surface area contributed by atoms with E-state index in [9.17, 15) is 4.79 Å². The van der Waals surface area contributed by atoms with Crippen LogP contribution in [0.5, 0.6) is 0 Å². The summed E-state index contributed by atoms with van der Waals surface area (Å²) in [7, 11) is 0. The summed E-state index contributed by atoms with van der Waals surface area (Å²) in [6, 6.07) is 8.16. The summed E-state index contributed by atoms with van der Waals surface area (Å²) in [4.78, 5) is 13.8. The number of amidine groups is 1. The number of carbonyl (C=O) groups is 1. The minimum atomic E-state index is 0.0269. The van der Waals surface area contributed by atoms with Crippen LogP contribution < -0.4 is 5.73 Å². The third-order valence-corrected chi connectivity index (χ3v) is 3.08. The Labute approximate surface area is 120 Å². The standard InChI is InChI=1S/C15H23N3O2/c1-3-10-18(11-14(16)17-20)15(19)9-8-13-6-4-12(2)5-7-13/h4-7,20H,3,8-11H2,1-2H3,(H2,16,17). The highest BCUT2D eigenvalue weighted by molar-refractivity contribution is 5.86. The Morgan fingerprint density at radius 3 is 2.55 bits per heavy atom. The number of hydrogen-bond acceptors (Lipinski definition) is 3. The lowest BCUT2D eigenvalue weighted by atomic mass is 10.1. The third-order valence-electron chi connectivity index (χ3n) is 3.08. The average Bonchev–Trinajstić information content (AvgIpc) is 2.45. The number of nitrogens with zero attached hydrogens (tertiary/aromatic N) is 2. The zero-order valence-corrected chi connectivity index (χ0v) is 12.2. The molecule has 3 N–H and O–H groups in total. The Hall–Kier alpha value is -2.04. The van der Waals surface area contributed by atoms with E-state index in [4.69, 9.17) is 10.9 Å². The molecule has 0 saturated carbocycles. The van der Waals surface area contributed by atoms with E-state index < -0.39 is 0 Å². The maximum Gasteiger partial charge on any atom is 0.223 e. The predicted octanol–water partition coefficient (Wildman–Crippen LogP) is 1.91. The molecule has 1 aromatic carbocycles. The van der Waals surface area contributed by atoms with Gasteiger partial charge in [-0.25, -0.2) is 0 Å². The predicted molar refractivity (Wildman–Crippen MR) is 79.8 cm³/mol. The largest absolute Gasteiger partial charge is 0.409 e. The van der Waals surface area contributed by atoms with Gasteiger partial charge in [-0.1, -0.05) is 41.9 Å². The molecule has 0 unspecified atom stereocenters. The van der Waals surface area contributed by atoms with Crippen molar-refractivity contribution < 1.29 is 10.0 Å². The summed E-state index contributed by atoms with van der Waals surface area (Å²) >= 11 is 0. The number of hydrogen-bond donors (Lipinski definition) is 2. The molecule has 0 bridgehead atoms. The van der Waals surface area contributed by atoms with Crippen LogP contribution in [0.1, 0.15) is 30.9 Å². The molecule has 0 radical (unpaired) electrons. The average molecular weight is 277 g/mol. The van der Waals surface area contributed by atoms with Gasteiger partial charge in [0.25, 0.3) is 0 Å². The van der Waals surface area contributed by atoms with Gasteiger partial charge in [-0.3, -0.25) is 4.79 Å². The number of oxime groups is 1. The fraction of sp³-hybridized carbons (Fsp3) is 0.467. The summed E-state index contributed by atoms with van der Waals surface area (Å²) in [5, 5.41) is 11.5. The maximum atomic E-state index is 12.2. The molecule has 1 amide bonds. The first-order chi connectivity index (χ1) is 9.56. The number of benzene rings is 1. The maximum absolute atomic E-state index is 12.2. The van der Waals surface area contributed by atoms with Crippen LogP contribution in [-0.4, -0.2) is 34.9 Å². The van der Waals surface area contributed by atoms with Crippen LogP contribution in [0.3, 0.4) is 0 Å². The molecule has 1 rings (SSSR count). The number of nitrogens with two attached hydrogens (primary N) is 1. The molecule has 1 aromatic rings. The fourth-order valence-corrected chi connectivity index (χ4v) is 1.95. The van der Waals surface area contributed by atoms with Crippen molar-refractivity contribution in [2.24, 2.45) is 10.9 Å². The van der Waals surface area contributed by atoms with Gasteiger partial charge in [0.1, 0.15) is 0 Å². The quantitative estimate of drug-likeness (QED) is 0.346. The molecule has 0 atom stereocenters. The van der Waals surface area contributed by atoms with E-state index in [0.29, 0.717) is 19.4 Å². The van der Waals surface area contributed by atoms with Crippen molar-refractivity contribution in [3.8, 4) is 0 Å². The van der Waals surface area contributed by atoms with E-state index in [1.54, 1.807) is 4.90 Å². The monoisotopic (exact) mass is 277 g/mol. The SMILES string of the molecule is CCCN(CC(N)=NO)C(=O)CCc1ccc(C)cc1. The lowest BCUT2D eigenvalue weighted by molar-refractivity contribution is -0.130. The minimum absolute atomic E-state index is 0.0269. The molecule has 0 saturated heterocycles. The van der Waals surface area contributed by atoms with Crippen LogP contribution in [0.4, 0.5) is 0 Å². The van der Waals surface area contributed by atoms with E-state index in [1.165, 1.54) is 5.56 Å². The lowest BCUT2D eigenvalue weighted by Gasteiger charge is -2.21. The van der Waals surface area contributed by atoms with E-state index in [-0.39, 0.29) is 18.3 Å². The highest BCUT2D eigenvalue weighted by Gasteiger charge is 2.14. The van der Waals surface area contributed by atoms with E-state index in [2.05, 4.69) is 5.16 Å². The smallest absolute Gasteiger partial charge is 0.223 e. The Bertz CT molecular complexity index is 455. The number of amides is 1. The van der Waals surface area contributed by atoms with Crippen molar-refractivity contribution in [1.82, 2.24) is 4.90 Å². The van der Waals surface area contributed by atoms with E-state index in [0.717, 1.165) is 12.0 Å². The van der Waals surface area contributed by atoms with Crippen molar-refractivity contribution in [3.63, 3.8) is 0 Å². The molecule has 0 aliphatic rings. The summed E-state index contributed by atoms with van der Waals surface area (Å²) in [6.45, 7) is 4.82. The Morgan fingerprint density at radius 1 is 1.35 bits per heavy atom. The molecule has 20 heavy (non-hydrogen) atoms. The second-order valence-electron chi connectivity index (χ2n) is 4.89. The fourth-order valence-electron chi connectivity index (χ4n) is 1.95. The Balaban J connectivity index is 2.55. The van der Waals surface area contributed by atoms with Crippen LogP contribution in [0.15, 0.2) is 29.4 Å². The van der Waals surface area contributed by atoms with Gasteiger partial charge in [0.2, 0.25) is 5.91 Å². The van der Waals surface area contributed by atoms with E-state index >= 15 is 0 Å². The van der Waals surface area contributed by atoms with Crippen LogP contribution in [0.2, 0.25) is 0 Å². The Morgan fingerprint density at radius 2 is 2.00 bits per heavy atom. The highest BCUT2D eigenvalue weighted by Crippen LogP contribution is 2.07. The molecule has 0 aliphatic heterocycles. The van der Waals surface area contributed by atoms with Gasteiger partial charge < -0.3 is 15.8 Å². The van der Waals surface area contributed by atoms with Gasteiger partial charge in [0.15, 0.2) is 5.84 Å². The third kappa shape index (κ3) is 5.30. The molecular weight excluding hydrogens is 254 g/mol. The molecule has 0 heterocycles. The molecule has 110 valence electrons. The van der Waals surface area contributed by atoms with Crippen molar-refractivity contribution in [3.05, 3.63) is 35.4 Å². The summed E-state index contributed by atoms with van der Waals surface area (Å²) < 4.78 is 0. The highest BCUT2D eigenvalue weighted by atomic mass is 16.4. The molecule has 0 fully saturated rings. The second kappa shape index (κ2) is 8.19. The molecular formula is C15H23N3O2. The molecule has 0 aromatic heterocycles. The molecule has 5 heteroatoms. The first kappa shape index (κ1) is 16.0. The first-order valence-corrected chi connectivity index (χ1v) is 6.86. The minimum Gasteiger partial charge on any atom is -0.409 e. The lowest BCUT2D eigenvalue weighted by Crippen LogP contribution is -2.39. The Kier molecular flexibility index (Phi) is 6.56. The topological polar surface area (TPSA) is 78.9 Å². The van der Waals surface area contributed by atoms with Crippen LogP contribution >= 0.6 is 0 Å². The van der Waals surface area contributed by atoms with Gasteiger partial charge in [0, 0.05) is 13.0 Å². The van der Waals surface area contributed by atoms with Gasteiger partial charge in [-0.05, 0) is 25.3 Å². The van der Waals surface area contributed by atoms with Crippen LogP contribution in [0, 0.1) is 6.92 Å². The van der Waals surface area contributed by atoms with Crippen molar-refractivity contribution >= 4 is 11.7 Å². The van der Waals surface area contributed by atoms with E-state index in [1.807, 2.05) is 38.1 Å². The summed E-state index contributed by atoms with van der Waals surface area (Å²) in [5.74, 6) is 0.0844. The van der Waals surface area contributed by atoms with Gasteiger partial charge >= 0.3 is 0 Å². The first-order valence-electron chi connectivity index (χ1n) is 6.86. The van der Waals surface area contributed by atoms with Gasteiger partial charge in [-0.2, -0.15) is 0 Å². The van der Waals surface area contributed by atoms with Crippen LogP contribution in [-0.2, 0) is 11.2 Å². The van der Waals surface area contributed by atoms with Crippen molar-refractivity contribution in [1.29, 1.82) is 0 Å². The zero-order chi connectivity index (χ0) is 15.0. The summed E-state index contributed by atoms with van der Waals surface area (Å²) in [6.07, 6.45) is 1.98. The zero-order valence-electron chi connectivity index (χ0n) is 12.2. The number of carbonyl (C=O) groups excluding carboxylic acids is 1. The van der Waals surface area contributed by atoms with Gasteiger partial charge in [-0.15, -0.1) is 0 Å². The van der Waals surface area contributed by atoms with Crippen molar-refractivity contribution in [2.45, 2.75) is 33.1 Å². The molecule has 0 aliphatic carbocycles. The van der Waals surface area contributed by atoms with Crippen molar-refractivity contribution in [2.75, 3.05) is 13.1 Å². The number of aryl methyl sites for hydroxylation is 2. The van der Waals surface area contributed by atoms with Crippen LogP contribution in [0.25, 0.3) is 0 Å². The summed E-state index contributed by atoms with van der Waals surface area (Å²) in [5.41, 5.74) is 7.82. The molecule has 0 spiro atoms. The second-order valence-corrected chi connectivity index (χ2v) is 4.89. The number of rotatable bonds is 7. The normalized spacial score (nSPS) is 11.4.